The molecule has 0 saturated carbocycles. The summed E-state index contributed by atoms with van der Waals surface area (Å²) in [7, 11) is 2.04. The van der Waals surface area contributed by atoms with E-state index in [1.54, 1.807) is 6.07 Å². The molecule has 6 heteroatoms. The van der Waals surface area contributed by atoms with Gasteiger partial charge in [-0.3, -0.25) is 0 Å². The van der Waals surface area contributed by atoms with E-state index in [-0.39, 0.29) is 12.0 Å². The van der Waals surface area contributed by atoms with Crippen LogP contribution in [0.3, 0.4) is 0 Å². The molecule has 0 aromatic heterocycles. The smallest absolute Gasteiger partial charge is 0.396 e. The van der Waals surface area contributed by atoms with Crippen molar-refractivity contribution in [1.82, 2.24) is 0 Å². The van der Waals surface area contributed by atoms with Gasteiger partial charge in [0.2, 0.25) is 5.69 Å². The Morgan fingerprint density at radius 1 is 1.05 bits per heavy atom. The number of hydrogen-bond donors (Lipinski definition) is 1. The molecule has 2 aromatic carbocycles. The molecule has 2 aliphatic rings. The summed E-state index contributed by atoms with van der Waals surface area (Å²) in [5.41, 5.74) is 4.26. The fourth-order valence-corrected chi connectivity index (χ4v) is 5.94. The molecule has 0 spiro atoms. The Morgan fingerprint density at radius 2 is 1.79 bits per heavy atom. The zero-order valence-electron chi connectivity index (χ0n) is 23.0. The highest BCUT2D eigenvalue weighted by Crippen LogP contribution is 2.49. The van der Waals surface area contributed by atoms with Crippen LogP contribution in [0.5, 0.6) is 0 Å². The lowest BCUT2D eigenvalue weighted by molar-refractivity contribution is -0.438. The van der Waals surface area contributed by atoms with Crippen LogP contribution in [0.4, 0.5) is 24.5 Å². The first-order valence-corrected chi connectivity index (χ1v) is 13.3. The van der Waals surface area contributed by atoms with Crippen LogP contribution in [0.15, 0.2) is 78.5 Å². The van der Waals surface area contributed by atoms with E-state index >= 15 is 0 Å². The summed E-state index contributed by atoms with van der Waals surface area (Å²) >= 11 is 0. The summed E-state index contributed by atoms with van der Waals surface area (Å²) in [5.74, 6) is 2.65. The van der Waals surface area contributed by atoms with Crippen molar-refractivity contribution in [2.45, 2.75) is 57.0 Å². The summed E-state index contributed by atoms with van der Waals surface area (Å²) in [6, 6.07) is 12.2. The minimum atomic E-state index is -4.40. The number of hydrogen-bond acceptors (Lipinski definition) is 2. The quantitative estimate of drug-likeness (QED) is 0.167. The molecular weight excluding hydrogens is 497 g/mol. The number of unbranched alkanes of at least 4 members (excludes halogenated alkanes) is 1. The van der Waals surface area contributed by atoms with Crippen molar-refractivity contribution in [2.75, 3.05) is 25.1 Å². The van der Waals surface area contributed by atoms with Crippen molar-refractivity contribution >= 4 is 17.1 Å². The summed E-state index contributed by atoms with van der Waals surface area (Å²) in [6.45, 7) is 6.78. The van der Waals surface area contributed by atoms with Crippen molar-refractivity contribution in [3.8, 4) is 12.3 Å². The number of fused-ring (bicyclic) bond motifs is 2. The SMILES string of the molecule is C#CCCC[N+]1=C(/C=C/C=C/C=C2/N(C)c3ccccc3C2(C)CCO)C(C)(C)c2cc(C(F)(F)F)ccc21. The highest BCUT2D eigenvalue weighted by Gasteiger charge is 2.46. The Kier molecular flexibility index (Phi) is 7.95. The predicted octanol–water partition coefficient (Wildman–Crippen LogP) is 7.28. The number of allylic oxidation sites excluding steroid dienone is 6. The molecule has 4 rings (SSSR count). The van der Waals surface area contributed by atoms with Gasteiger partial charge in [0, 0.05) is 61.0 Å². The van der Waals surface area contributed by atoms with E-state index in [9.17, 15) is 18.3 Å². The van der Waals surface area contributed by atoms with Crippen LogP contribution in [-0.4, -0.2) is 35.6 Å². The molecule has 0 bridgehead atoms. The number of anilines is 1. The van der Waals surface area contributed by atoms with Crippen molar-refractivity contribution < 1.29 is 22.9 Å². The summed E-state index contributed by atoms with van der Waals surface area (Å²) in [4.78, 5) is 2.16. The minimum absolute atomic E-state index is 0.0825. The molecule has 39 heavy (non-hydrogen) atoms. The molecule has 2 aliphatic heterocycles. The molecule has 0 amide bonds. The van der Waals surface area contributed by atoms with Gasteiger partial charge in [-0.15, -0.1) is 12.3 Å². The minimum Gasteiger partial charge on any atom is -0.396 e. The average molecular weight is 534 g/mol. The number of benzene rings is 2. The Bertz CT molecular complexity index is 1400. The Hall–Kier alpha value is -3.56. The molecule has 0 aliphatic carbocycles. The van der Waals surface area contributed by atoms with E-state index in [0.29, 0.717) is 24.9 Å². The van der Waals surface area contributed by atoms with Crippen LogP contribution in [0.2, 0.25) is 0 Å². The predicted molar refractivity (Wildman–Crippen MR) is 153 cm³/mol. The largest absolute Gasteiger partial charge is 0.416 e. The normalized spacial score (nSPS) is 21.3. The molecule has 1 N–H and O–H groups in total. The van der Waals surface area contributed by atoms with Crippen molar-refractivity contribution in [3.63, 3.8) is 0 Å². The second kappa shape index (κ2) is 10.9. The van der Waals surface area contributed by atoms with Gasteiger partial charge in [0.05, 0.1) is 11.0 Å². The van der Waals surface area contributed by atoms with Gasteiger partial charge < -0.3 is 10.0 Å². The zero-order valence-corrected chi connectivity index (χ0v) is 23.0. The van der Waals surface area contributed by atoms with Crippen molar-refractivity contribution in [1.29, 1.82) is 0 Å². The molecule has 0 radical (unpaired) electrons. The van der Waals surface area contributed by atoms with E-state index < -0.39 is 17.2 Å². The van der Waals surface area contributed by atoms with Crippen LogP contribution < -0.4 is 4.90 Å². The van der Waals surface area contributed by atoms with Crippen LogP contribution in [0.25, 0.3) is 0 Å². The van der Waals surface area contributed by atoms with Crippen LogP contribution in [-0.2, 0) is 17.0 Å². The topological polar surface area (TPSA) is 26.5 Å². The van der Waals surface area contributed by atoms with Crippen molar-refractivity contribution in [3.05, 3.63) is 95.2 Å². The van der Waals surface area contributed by atoms with Gasteiger partial charge in [-0.05, 0) is 57.0 Å². The lowest BCUT2D eigenvalue weighted by Gasteiger charge is -2.27. The fourth-order valence-electron chi connectivity index (χ4n) is 5.94. The van der Waals surface area contributed by atoms with Gasteiger partial charge in [0.25, 0.3) is 0 Å². The van der Waals surface area contributed by atoms with E-state index in [0.717, 1.165) is 35.3 Å². The second-order valence-corrected chi connectivity index (χ2v) is 10.9. The van der Waals surface area contributed by atoms with E-state index in [1.165, 1.54) is 11.6 Å². The number of aliphatic hydroxyl groups excluding tert-OH is 1. The molecule has 0 saturated heterocycles. The standard InChI is InChI=1S/C33H36F3N2O/c1-6-7-13-21-38-28-19-18-24(33(34,35)36)23-26(28)31(2,3)29(38)16-9-8-10-17-30-32(4,20-22-39)25-14-11-12-15-27(25)37(30)5/h1,8-12,14-19,23,39H,7,13,20-22H2,2-5H3/q+1. The Labute approximate surface area is 229 Å². The van der Waals surface area contributed by atoms with Crippen LogP contribution in [0, 0.1) is 12.3 Å². The molecule has 1 unspecified atom stereocenters. The van der Waals surface area contributed by atoms with E-state index in [1.807, 2.05) is 57.3 Å². The third-order valence-electron chi connectivity index (χ3n) is 8.05. The third kappa shape index (κ3) is 5.21. The third-order valence-corrected chi connectivity index (χ3v) is 8.05. The fraction of sp³-hybridized carbons (Fsp3) is 0.364. The molecule has 0 fully saturated rings. The molecule has 204 valence electrons. The first-order chi connectivity index (χ1) is 18.5. The number of nitrogens with zero attached hydrogens (tertiary/aromatic N) is 2. The number of aliphatic hydroxyl groups is 1. The molecule has 3 nitrogen and oxygen atoms in total. The number of alkyl halides is 3. The lowest BCUT2D eigenvalue weighted by Crippen LogP contribution is -2.28. The highest BCUT2D eigenvalue weighted by atomic mass is 19.4. The summed E-state index contributed by atoms with van der Waals surface area (Å²) < 4.78 is 42.6. The monoisotopic (exact) mass is 533 g/mol. The van der Waals surface area contributed by atoms with Gasteiger partial charge >= 0.3 is 6.18 Å². The van der Waals surface area contributed by atoms with E-state index in [2.05, 4.69) is 40.5 Å². The zero-order chi connectivity index (χ0) is 28.4. The first kappa shape index (κ1) is 28.4. The Morgan fingerprint density at radius 3 is 2.49 bits per heavy atom. The summed E-state index contributed by atoms with van der Waals surface area (Å²) in [5, 5.41) is 9.78. The van der Waals surface area contributed by atoms with Crippen molar-refractivity contribution in [2.24, 2.45) is 0 Å². The molecule has 2 heterocycles. The first-order valence-electron chi connectivity index (χ1n) is 13.3. The summed E-state index contributed by atoms with van der Waals surface area (Å²) in [6.07, 6.45) is 12.9. The number of terminal acetylenes is 1. The molecule has 1 atom stereocenters. The van der Waals surface area contributed by atoms with Crippen LogP contribution in [0.1, 0.15) is 56.7 Å². The molecule has 2 aromatic rings. The number of likely N-dealkylation sites (N-methyl/N-ethyl adjacent to an activating group) is 1. The van der Waals surface area contributed by atoms with Gasteiger partial charge in [0.1, 0.15) is 6.54 Å². The number of rotatable bonds is 8. The highest BCUT2D eigenvalue weighted by molar-refractivity contribution is 6.03. The van der Waals surface area contributed by atoms with Gasteiger partial charge in [-0.1, -0.05) is 36.4 Å². The van der Waals surface area contributed by atoms with Gasteiger partial charge in [-0.25, -0.2) is 0 Å². The second-order valence-electron chi connectivity index (χ2n) is 10.9. The van der Waals surface area contributed by atoms with Crippen LogP contribution >= 0.6 is 0 Å². The maximum Gasteiger partial charge on any atom is 0.416 e. The maximum absolute atomic E-state index is 13.5. The average Bonchev–Trinajstić information content (AvgIpc) is 3.23. The Balaban J connectivity index is 1.65. The maximum atomic E-state index is 13.5. The number of halogens is 3. The number of para-hydroxylation sites is 1. The van der Waals surface area contributed by atoms with Gasteiger partial charge in [-0.2, -0.15) is 17.7 Å². The van der Waals surface area contributed by atoms with Gasteiger partial charge in [0.15, 0.2) is 5.71 Å². The lowest BCUT2D eigenvalue weighted by atomic mass is 9.79. The van der Waals surface area contributed by atoms with E-state index in [4.69, 9.17) is 6.42 Å². The molecular formula is C33H36F3N2O+.